The van der Waals surface area contributed by atoms with Gasteiger partial charge in [0.15, 0.2) is 17.5 Å². The summed E-state index contributed by atoms with van der Waals surface area (Å²) >= 11 is 5.38. The normalized spacial score (nSPS) is 14.8. The summed E-state index contributed by atoms with van der Waals surface area (Å²) in [5, 5.41) is 40.4. The number of nitrogens with zero attached hydrogens (tertiary/aromatic N) is 18. The molecular formula is C75H74ClF3N21O4W-. The van der Waals surface area contributed by atoms with E-state index < -0.39 is 34.5 Å². The Bertz CT molecular complexity index is 5010. The van der Waals surface area contributed by atoms with Crippen molar-refractivity contribution in [2.24, 2.45) is 0 Å². The third-order valence-corrected chi connectivity index (χ3v) is 19.2. The molecular weight excluding hydrogens is 1540 g/mol. The summed E-state index contributed by atoms with van der Waals surface area (Å²) in [6.45, 7) is 6.27. The minimum Gasteiger partial charge on any atom is -0.506 e. The number of halogens is 4. The van der Waals surface area contributed by atoms with Gasteiger partial charge in [-0.25, -0.2) is 43.1 Å². The second-order valence-corrected chi connectivity index (χ2v) is 26.9. The Balaban J connectivity index is 0.000000129. The third kappa shape index (κ3) is 16.1. The van der Waals surface area contributed by atoms with Crippen LogP contribution < -0.4 is 16.4 Å². The van der Waals surface area contributed by atoms with Gasteiger partial charge in [-0.15, -0.1) is 30.6 Å². The molecule has 3 saturated carbocycles. The van der Waals surface area contributed by atoms with Crippen molar-refractivity contribution in [3.05, 3.63) is 216 Å². The van der Waals surface area contributed by atoms with Crippen LogP contribution in [-0.4, -0.2) is 110 Å². The van der Waals surface area contributed by atoms with Gasteiger partial charge in [0.05, 0.1) is 69.8 Å². The Hall–Kier alpha value is -10.9. The molecule has 3 aliphatic carbocycles. The van der Waals surface area contributed by atoms with Gasteiger partial charge in [-0.05, 0) is 180 Å². The van der Waals surface area contributed by atoms with Gasteiger partial charge in [0.25, 0.3) is 17.1 Å². The summed E-state index contributed by atoms with van der Waals surface area (Å²) in [4.78, 5) is 63.7. The fourth-order valence-corrected chi connectivity index (χ4v) is 13.2. The van der Waals surface area contributed by atoms with E-state index in [1.165, 1.54) is 49.9 Å². The van der Waals surface area contributed by atoms with Crippen LogP contribution in [0.15, 0.2) is 129 Å². The number of hydrogen-bond donors (Lipinski definition) is 4. The SMILES string of the molecule is Cc1cc(F)c(C(=O)Cl)cc1-n1cnc(C2CC2)c1.Cc1cc(F)c(C(=O)Nc2cccc(-c3nnc4n3CCCC4)n2)cc1-n1cnc(C2CC2)c1.Nc1cccc(-c2nnc3n2CCCC3)n1.O=C(Nc1cccc(-c2nnc3n2CCCC3)n1)c1cc(-n2cnc(C3CC3)c2)c(O)cc1F.[CH3-].[W]. The predicted molar refractivity (Wildman–Crippen MR) is 383 cm³/mol. The monoisotopic (exact) mass is 1610 g/mol. The first-order valence-electron chi connectivity index (χ1n) is 34.6. The Morgan fingerprint density at radius 2 is 0.848 bits per heavy atom. The second-order valence-electron chi connectivity index (χ2n) is 26.6. The molecule has 105 heavy (non-hydrogen) atoms. The van der Waals surface area contributed by atoms with Crippen LogP contribution in [0.25, 0.3) is 51.6 Å². The molecule has 18 rings (SSSR count). The number of aromatic hydroxyl groups is 1. The number of fused-ring (bicyclic) bond motifs is 3. The number of imidazole rings is 3. The summed E-state index contributed by atoms with van der Waals surface area (Å²) in [5.41, 5.74) is 13.5. The molecule has 0 saturated heterocycles. The van der Waals surface area contributed by atoms with Crippen molar-refractivity contribution in [1.82, 2.24) is 87.9 Å². The van der Waals surface area contributed by atoms with Gasteiger partial charge in [-0.3, -0.25) is 14.4 Å². The molecule has 30 heteroatoms. The first-order valence-corrected chi connectivity index (χ1v) is 34.9. The van der Waals surface area contributed by atoms with Gasteiger partial charge in [-0.2, -0.15) is 0 Å². The van der Waals surface area contributed by atoms with Crippen molar-refractivity contribution in [3.63, 3.8) is 0 Å². The number of amides is 2. The number of aromatic nitrogens is 18. The van der Waals surface area contributed by atoms with Crippen molar-refractivity contribution >= 4 is 46.1 Å². The zero-order valence-corrected chi connectivity index (χ0v) is 61.5. The maximum absolute atomic E-state index is 14.8. The topological polar surface area (TPSA) is 306 Å². The van der Waals surface area contributed by atoms with Crippen LogP contribution in [0.5, 0.6) is 5.75 Å². The molecule has 538 valence electrons. The molecule has 0 bridgehead atoms. The average Bonchev–Trinajstić information content (AvgIpc) is 1.78. The maximum Gasteiger partial charge on any atom is 0.259 e. The van der Waals surface area contributed by atoms with E-state index in [0.717, 1.165) is 165 Å². The number of phenols is 1. The largest absolute Gasteiger partial charge is 0.506 e. The molecule has 0 atom stereocenters. The van der Waals surface area contributed by atoms with Gasteiger partial charge in [0.1, 0.15) is 75.2 Å². The molecule has 3 aliphatic heterocycles. The molecule has 12 aromatic rings. The quantitative estimate of drug-likeness (QED) is 0.0581. The number of nitrogens with one attached hydrogen (secondary N) is 2. The van der Waals surface area contributed by atoms with Gasteiger partial charge in [0.2, 0.25) is 0 Å². The number of hydrogen-bond acceptors (Lipinski definition) is 17. The summed E-state index contributed by atoms with van der Waals surface area (Å²) in [5.74, 6) is 4.21. The number of nitrogen functional groups attached to an aromatic ring is 1. The number of aryl methyl sites for hydroxylation is 5. The minimum absolute atomic E-state index is 0. The van der Waals surface area contributed by atoms with Crippen molar-refractivity contribution in [1.29, 1.82) is 0 Å². The van der Waals surface area contributed by atoms with Crippen LogP contribution in [-0.2, 0) is 60.0 Å². The van der Waals surface area contributed by atoms with Crippen molar-refractivity contribution in [2.45, 2.75) is 148 Å². The van der Waals surface area contributed by atoms with Crippen LogP contribution in [0, 0.1) is 38.7 Å². The molecule has 0 radical (unpaired) electrons. The number of phenolic OH excluding ortho intramolecular Hbond substituents is 1. The van der Waals surface area contributed by atoms with Gasteiger partial charge in [0, 0.05) is 102 Å². The van der Waals surface area contributed by atoms with Crippen molar-refractivity contribution in [3.8, 4) is 57.4 Å². The molecule has 9 aromatic heterocycles. The fraction of sp³-hybridized carbons (Fsp3) is 0.307. The summed E-state index contributed by atoms with van der Waals surface area (Å²) in [6, 6.07) is 24.1. The van der Waals surface area contributed by atoms with Gasteiger partial charge < -0.3 is 56.3 Å². The number of anilines is 3. The molecule has 5 N–H and O–H groups in total. The van der Waals surface area contributed by atoms with Crippen molar-refractivity contribution < 1.29 is 53.7 Å². The van der Waals surface area contributed by atoms with E-state index in [9.17, 15) is 32.7 Å². The second kappa shape index (κ2) is 31.2. The van der Waals surface area contributed by atoms with E-state index in [0.29, 0.717) is 52.4 Å². The molecule has 3 fully saturated rings. The van der Waals surface area contributed by atoms with E-state index in [1.54, 1.807) is 79.1 Å². The summed E-state index contributed by atoms with van der Waals surface area (Å²) in [7, 11) is 0. The zero-order valence-electron chi connectivity index (χ0n) is 57.8. The van der Waals surface area contributed by atoms with E-state index in [-0.39, 0.29) is 62.4 Å². The maximum atomic E-state index is 14.8. The number of benzene rings is 3. The number of carbonyl (C=O) groups excluding carboxylic acids is 3. The Kier molecular flexibility index (Phi) is 21.6. The minimum atomic E-state index is -0.830. The first-order chi connectivity index (χ1) is 50.0. The molecule has 25 nitrogen and oxygen atoms in total. The van der Waals surface area contributed by atoms with E-state index in [4.69, 9.17) is 17.3 Å². The van der Waals surface area contributed by atoms with E-state index in [2.05, 4.69) is 80.3 Å². The Labute approximate surface area is 621 Å². The smallest absolute Gasteiger partial charge is 0.259 e. The molecule has 0 unspecified atom stereocenters. The molecule has 0 spiro atoms. The molecule has 6 aliphatic rings. The molecule has 3 aromatic carbocycles. The van der Waals surface area contributed by atoms with Crippen LogP contribution in [0.1, 0.15) is 172 Å². The van der Waals surface area contributed by atoms with Crippen LogP contribution >= 0.6 is 11.6 Å². The van der Waals surface area contributed by atoms with Crippen molar-refractivity contribution in [2.75, 3.05) is 16.4 Å². The summed E-state index contributed by atoms with van der Waals surface area (Å²) in [6.07, 6.45) is 27.0. The van der Waals surface area contributed by atoms with Crippen LogP contribution in [0.3, 0.4) is 0 Å². The number of carbonyl (C=O) groups is 3. The number of pyridine rings is 3. The zero-order chi connectivity index (χ0) is 71.0. The summed E-state index contributed by atoms with van der Waals surface area (Å²) < 4.78 is 54.6. The Morgan fingerprint density at radius 1 is 0.486 bits per heavy atom. The number of rotatable bonds is 14. The average molecular weight is 1610 g/mol. The van der Waals surface area contributed by atoms with E-state index >= 15 is 0 Å². The number of nitrogens with two attached hydrogens (primary N) is 1. The van der Waals surface area contributed by atoms with Gasteiger partial charge in [-0.1, -0.05) is 18.2 Å². The molecule has 12 heterocycles. The van der Waals surface area contributed by atoms with Crippen LogP contribution in [0.4, 0.5) is 30.6 Å². The van der Waals surface area contributed by atoms with Crippen LogP contribution in [0.2, 0.25) is 0 Å². The van der Waals surface area contributed by atoms with E-state index in [1.807, 2.05) is 51.2 Å². The third-order valence-electron chi connectivity index (χ3n) is 19.0. The standard InChI is InChI=1S/C25H24FN7O.C24H22FN7O2.C14H12ClFN2O.C11H13N5.CH3.W/c1-15-11-18(26)17(12-21(15)32-13-20(27-14-32)16-8-9-16)25(34)29-22-6-4-5-19(28-22)24-31-30-23-7-2-3-10-33(23)24;25-16-11-20(33)19(31-12-18(26-13-31)14-7-8-14)10-15(16)24(34)28-21-5-3-4-17(27-21)23-30-29-22-6-1-2-9-32(22)23;1-8-4-11(16)10(14(15)19)5-13(8)18-6-12(17-7-18)9-2-3-9;12-9-5-3-4-8(13-9)11-15-14-10-6-1-2-7-16(10)11;;/h4-6,11-14,16H,2-3,7-10H2,1H3,(H,28,29,34);3-5,10-14,33H,1-2,6-9H2,(H,27,28,34);4-7,9H,2-3H2,1H3;3-5H,1-2,6-7H2,(H2,12,13);1H3;/q;;;;-1;. The fourth-order valence-electron chi connectivity index (χ4n) is 13.0. The van der Waals surface area contributed by atoms with Gasteiger partial charge >= 0.3 is 0 Å². The molecule has 2 amide bonds. The Morgan fingerprint density at radius 3 is 1.25 bits per heavy atom. The predicted octanol–water partition coefficient (Wildman–Crippen LogP) is 13.6. The first kappa shape index (κ1) is 72.5.